The normalized spacial score (nSPS) is 13.7. The zero-order valence-corrected chi connectivity index (χ0v) is 17.3. The summed E-state index contributed by atoms with van der Waals surface area (Å²) < 4.78 is 20.5. The molecule has 0 heterocycles. The lowest BCUT2D eigenvalue weighted by atomic mass is 9.97. The lowest BCUT2D eigenvalue weighted by Crippen LogP contribution is -2.22. The van der Waals surface area contributed by atoms with Gasteiger partial charge in [0.25, 0.3) is 0 Å². The second-order valence-corrected chi connectivity index (χ2v) is 7.86. The number of alkyl halides is 1. The van der Waals surface area contributed by atoms with Gasteiger partial charge in [-0.25, -0.2) is 4.39 Å². The molecule has 0 fully saturated rings. The third-order valence-electron chi connectivity index (χ3n) is 5.79. The van der Waals surface area contributed by atoms with Gasteiger partial charge in [0.1, 0.15) is 5.75 Å². The van der Waals surface area contributed by atoms with Crippen molar-refractivity contribution in [3.05, 3.63) is 54.6 Å². The molecule has 150 valence electrons. The number of ether oxygens (including phenoxy) is 1. The first-order valence-corrected chi connectivity index (χ1v) is 10.9. The molecule has 0 aromatic heterocycles. The molecule has 0 aliphatic carbocycles. The fourth-order valence-corrected chi connectivity index (χ4v) is 4.00. The zero-order chi connectivity index (χ0) is 19.8. The number of unbranched alkanes of at least 4 members (excludes halogenated alkanes) is 5. The molecule has 0 amide bonds. The molecule has 0 bridgehead atoms. The van der Waals surface area contributed by atoms with E-state index < -0.39 is 6.36 Å². The fraction of sp³-hybridized carbons (Fsp3) is 0.462. The van der Waals surface area contributed by atoms with Crippen LogP contribution in [0.5, 0.6) is 5.75 Å². The fourth-order valence-electron chi connectivity index (χ4n) is 4.00. The monoisotopic (exact) mass is 380 g/mol. The molecule has 3 rings (SSSR count). The van der Waals surface area contributed by atoms with E-state index in [0.717, 1.165) is 24.6 Å². The molecule has 1 nitrogen and oxygen atoms in total. The topological polar surface area (TPSA) is 9.23 Å². The maximum absolute atomic E-state index is 14.8. The molecule has 0 aliphatic rings. The van der Waals surface area contributed by atoms with Crippen LogP contribution in [0, 0.1) is 5.92 Å². The van der Waals surface area contributed by atoms with Crippen LogP contribution >= 0.6 is 0 Å². The Bertz CT molecular complexity index is 873. The van der Waals surface area contributed by atoms with Crippen LogP contribution in [0.3, 0.4) is 0 Å². The summed E-state index contributed by atoms with van der Waals surface area (Å²) in [6.07, 6.45) is 7.91. The van der Waals surface area contributed by atoms with Gasteiger partial charge < -0.3 is 4.74 Å². The molecule has 0 aliphatic heterocycles. The molecule has 3 aromatic carbocycles. The van der Waals surface area contributed by atoms with Crippen molar-refractivity contribution in [1.29, 1.82) is 0 Å². The lowest BCUT2D eigenvalue weighted by molar-refractivity contribution is 0.00620. The van der Waals surface area contributed by atoms with E-state index in [1.807, 2.05) is 18.2 Å². The average molecular weight is 381 g/mol. The van der Waals surface area contributed by atoms with Gasteiger partial charge in [0.05, 0.1) is 0 Å². The van der Waals surface area contributed by atoms with Crippen LogP contribution in [0.4, 0.5) is 4.39 Å². The highest BCUT2D eigenvalue weighted by Crippen LogP contribution is 2.30. The third-order valence-corrected chi connectivity index (χ3v) is 5.79. The molecule has 0 saturated carbocycles. The van der Waals surface area contributed by atoms with E-state index in [2.05, 4.69) is 50.2 Å². The van der Waals surface area contributed by atoms with Crippen LogP contribution < -0.4 is 4.74 Å². The molecule has 3 aromatic rings. The minimum Gasteiger partial charge on any atom is -0.460 e. The predicted octanol–water partition coefficient (Wildman–Crippen LogP) is 8.44. The Balaban J connectivity index is 1.61. The molecule has 2 heteroatoms. The quantitative estimate of drug-likeness (QED) is 0.239. The van der Waals surface area contributed by atoms with Gasteiger partial charge >= 0.3 is 0 Å². The summed E-state index contributed by atoms with van der Waals surface area (Å²) in [5.41, 5.74) is 0. The van der Waals surface area contributed by atoms with E-state index in [4.69, 9.17) is 4.74 Å². The van der Waals surface area contributed by atoms with Crippen molar-refractivity contribution in [3.8, 4) is 5.75 Å². The van der Waals surface area contributed by atoms with Crippen molar-refractivity contribution in [3.63, 3.8) is 0 Å². The standard InChI is InChI=1S/C26H33FO/c1-3-5-6-7-8-9-12-20(4-2)26(27)28-23-17-18-25-22(19-23)16-15-21-13-10-11-14-24(21)25/h10-11,13-20,26H,3-9,12H2,1-2H3. The van der Waals surface area contributed by atoms with Crippen LogP contribution in [-0.2, 0) is 0 Å². The maximum Gasteiger partial charge on any atom is 0.241 e. The van der Waals surface area contributed by atoms with Crippen molar-refractivity contribution in [1.82, 2.24) is 0 Å². The van der Waals surface area contributed by atoms with Gasteiger partial charge in [0, 0.05) is 5.92 Å². The van der Waals surface area contributed by atoms with E-state index in [9.17, 15) is 4.39 Å². The first kappa shape index (κ1) is 20.6. The highest BCUT2D eigenvalue weighted by atomic mass is 19.1. The van der Waals surface area contributed by atoms with Crippen molar-refractivity contribution in [2.45, 2.75) is 71.6 Å². The molecule has 2 unspecified atom stereocenters. The minimum absolute atomic E-state index is 0.0292. The molecule has 0 N–H and O–H groups in total. The summed E-state index contributed by atoms with van der Waals surface area (Å²) in [7, 11) is 0. The number of fused-ring (bicyclic) bond motifs is 3. The summed E-state index contributed by atoms with van der Waals surface area (Å²) >= 11 is 0. The van der Waals surface area contributed by atoms with Gasteiger partial charge in [-0.15, -0.1) is 0 Å². The third kappa shape index (κ3) is 5.25. The van der Waals surface area contributed by atoms with E-state index in [-0.39, 0.29) is 5.92 Å². The van der Waals surface area contributed by atoms with E-state index in [1.165, 1.54) is 48.3 Å². The highest BCUT2D eigenvalue weighted by Gasteiger charge is 2.20. The first-order valence-electron chi connectivity index (χ1n) is 10.9. The Morgan fingerprint density at radius 1 is 0.786 bits per heavy atom. The van der Waals surface area contributed by atoms with Gasteiger partial charge in [-0.05, 0) is 46.5 Å². The van der Waals surface area contributed by atoms with Crippen LogP contribution in [-0.4, -0.2) is 6.36 Å². The Hall–Kier alpha value is -2.09. The number of hydrogen-bond donors (Lipinski definition) is 0. The first-order chi connectivity index (χ1) is 13.7. The van der Waals surface area contributed by atoms with Gasteiger partial charge in [0.2, 0.25) is 6.36 Å². The second kappa shape index (κ2) is 10.5. The van der Waals surface area contributed by atoms with Crippen LogP contribution in [0.2, 0.25) is 0 Å². The van der Waals surface area contributed by atoms with Gasteiger partial charge in [-0.2, -0.15) is 0 Å². The average Bonchev–Trinajstić information content (AvgIpc) is 2.73. The van der Waals surface area contributed by atoms with E-state index in [1.54, 1.807) is 0 Å². The summed E-state index contributed by atoms with van der Waals surface area (Å²) in [6.45, 7) is 4.29. The maximum atomic E-state index is 14.8. The molecular weight excluding hydrogens is 347 g/mol. The Morgan fingerprint density at radius 3 is 2.32 bits per heavy atom. The van der Waals surface area contributed by atoms with Crippen molar-refractivity contribution >= 4 is 21.5 Å². The Kier molecular flexibility index (Phi) is 7.71. The Labute approximate surface area is 168 Å². The van der Waals surface area contributed by atoms with Crippen LogP contribution in [0.1, 0.15) is 65.2 Å². The van der Waals surface area contributed by atoms with Gasteiger partial charge in [-0.3, -0.25) is 0 Å². The minimum atomic E-state index is -1.24. The molecule has 0 spiro atoms. The number of rotatable bonds is 11. The van der Waals surface area contributed by atoms with Crippen LogP contribution in [0.25, 0.3) is 21.5 Å². The smallest absolute Gasteiger partial charge is 0.241 e. The summed E-state index contributed by atoms with van der Waals surface area (Å²) in [5.74, 6) is 0.593. The molecule has 0 radical (unpaired) electrons. The van der Waals surface area contributed by atoms with E-state index >= 15 is 0 Å². The number of benzene rings is 3. The van der Waals surface area contributed by atoms with Gasteiger partial charge in [0.15, 0.2) is 0 Å². The molecule has 2 atom stereocenters. The van der Waals surface area contributed by atoms with Crippen molar-refractivity contribution in [2.75, 3.05) is 0 Å². The summed E-state index contributed by atoms with van der Waals surface area (Å²) in [6, 6.07) is 18.5. The van der Waals surface area contributed by atoms with Crippen molar-refractivity contribution < 1.29 is 9.13 Å². The summed E-state index contributed by atoms with van der Waals surface area (Å²) in [4.78, 5) is 0. The molecule has 28 heavy (non-hydrogen) atoms. The summed E-state index contributed by atoms with van der Waals surface area (Å²) in [5, 5.41) is 4.71. The number of hydrogen-bond acceptors (Lipinski definition) is 1. The highest BCUT2D eigenvalue weighted by molar-refractivity contribution is 6.07. The number of halogens is 1. The molecule has 0 saturated heterocycles. The second-order valence-electron chi connectivity index (χ2n) is 7.86. The largest absolute Gasteiger partial charge is 0.460 e. The SMILES string of the molecule is CCCCCCCCC(CC)C(F)Oc1ccc2c(ccc3ccccc32)c1. The van der Waals surface area contributed by atoms with Crippen molar-refractivity contribution in [2.24, 2.45) is 5.92 Å². The predicted molar refractivity (Wildman–Crippen MR) is 119 cm³/mol. The Morgan fingerprint density at radius 2 is 1.50 bits per heavy atom. The molecular formula is C26H33FO. The van der Waals surface area contributed by atoms with E-state index in [0.29, 0.717) is 5.75 Å². The van der Waals surface area contributed by atoms with Crippen LogP contribution in [0.15, 0.2) is 54.6 Å². The lowest BCUT2D eigenvalue weighted by Gasteiger charge is -2.21. The van der Waals surface area contributed by atoms with Gasteiger partial charge in [-0.1, -0.05) is 94.8 Å². The zero-order valence-electron chi connectivity index (χ0n) is 17.3.